The van der Waals surface area contributed by atoms with Crippen molar-refractivity contribution in [3.8, 4) is 0 Å². The molecule has 1 saturated carbocycles. The number of nitrogens with two attached hydrogens (primary N) is 1. The van der Waals surface area contributed by atoms with Crippen molar-refractivity contribution >= 4 is 45.6 Å². The fraction of sp³-hybridized carbons (Fsp3) is 0.615. The van der Waals surface area contributed by atoms with Crippen molar-refractivity contribution in [3.05, 3.63) is 20.8 Å². The number of halogens is 2. The quantitative estimate of drug-likeness (QED) is 0.840. The Labute approximate surface area is 132 Å². The highest BCUT2D eigenvalue weighted by atomic mass is 79.9. The number of carbonyl (C=O) groups is 1. The number of hydrogen-bond donors (Lipinski definition) is 2. The van der Waals surface area contributed by atoms with Gasteiger partial charge >= 0.3 is 0 Å². The summed E-state index contributed by atoms with van der Waals surface area (Å²) in [5.74, 6) is 0.726. The van der Waals surface area contributed by atoms with Crippen LogP contribution in [0.3, 0.4) is 0 Å². The van der Waals surface area contributed by atoms with Gasteiger partial charge in [0.25, 0.3) is 0 Å². The molecule has 1 amide bonds. The largest absolute Gasteiger partial charge is 0.355 e. The molecule has 6 heteroatoms. The van der Waals surface area contributed by atoms with Crippen LogP contribution in [0.15, 0.2) is 15.9 Å². The van der Waals surface area contributed by atoms with Gasteiger partial charge in [-0.05, 0) is 59.8 Å². The second-order valence-corrected chi connectivity index (χ2v) is 7.33. The normalized spacial score (nSPS) is 22.0. The van der Waals surface area contributed by atoms with Crippen molar-refractivity contribution in [3.63, 3.8) is 0 Å². The summed E-state index contributed by atoms with van der Waals surface area (Å²) in [7, 11) is 0. The van der Waals surface area contributed by atoms with Gasteiger partial charge < -0.3 is 11.1 Å². The predicted molar refractivity (Wildman–Crippen MR) is 85.9 cm³/mol. The molecule has 108 valence electrons. The predicted octanol–water partition coefficient (Wildman–Crippen LogP) is 2.97. The minimum Gasteiger partial charge on any atom is -0.355 e. The van der Waals surface area contributed by atoms with E-state index in [-0.39, 0.29) is 24.2 Å². The standard InChI is InChI=1S/C13H19BrN2OS.ClH/c14-12-5-4-10(18-12)6-7-16-13(17)11-3-1-2-9(11)8-15;/h4-5,9,11H,1-3,6-8,15H2,(H,16,17);1H/t9-,11-;/m1./s1. The van der Waals surface area contributed by atoms with E-state index in [2.05, 4.69) is 27.3 Å². The average molecular weight is 368 g/mol. The van der Waals surface area contributed by atoms with Crippen LogP contribution in [0, 0.1) is 11.8 Å². The first-order chi connectivity index (χ1) is 8.70. The molecule has 0 aromatic carbocycles. The molecule has 1 aliphatic carbocycles. The van der Waals surface area contributed by atoms with Crippen molar-refractivity contribution < 1.29 is 4.79 Å². The van der Waals surface area contributed by atoms with Crippen LogP contribution in [-0.4, -0.2) is 19.0 Å². The zero-order chi connectivity index (χ0) is 13.0. The Morgan fingerprint density at radius 2 is 2.26 bits per heavy atom. The fourth-order valence-corrected chi connectivity index (χ4v) is 4.07. The summed E-state index contributed by atoms with van der Waals surface area (Å²) in [6.07, 6.45) is 4.14. The van der Waals surface area contributed by atoms with E-state index in [4.69, 9.17) is 5.73 Å². The van der Waals surface area contributed by atoms with Gasteiger partial charge in [0.1, 0.15) is 0 Å². The number of hydrogen-bond acceptors (Lipinski definition) is 3. The molecule has 1 fully saturated rings. The van der Waals surface area contributed by atoms with Crippen molar-refractivity contribution in [2.45, 2.75) is 25.7 Å². The molecule has 3 nitrogen and oxygen atoms in total. The highest BCUT2D eigenvalue weighted by Gasteiger charge is 2.31. The van der Waals surface area contributed by atoms with Gasteiger partial charge in [-0.2, -0.15) is 0 Å². The molecule has 1 heterocycles. The third kappa shape index (κ3) is 4.74. The van der Waals surface area contributed by atoms with Crippen LogP contribution >= 0.6 is 39.7 Å². The monoisotopic (exact) mass is 366 g/mol. The third-order valence-corrected chi connectivity index (χ3v) is 5.28. The summed E-state index contributed by atoms with van der Waals surface area (Å²) >= 11 is 5.16. The van der Waals surface area contributed by atoms with E-state index >= 15 is 0 Å². The van der Waals surface area contributed by atoms with Gasteiger partial charge in [0, 0.05) is 17.3 Å². The van der Waals surface area contributed by atoms with Crippen LogP contribution in [0.1, 0.15) is 24.1 Å². The van der Waals surface area contributed by atoms with E-state index in [1.54, 1.807) is 11.3 Å². The lowest BCUT2D eigenvalue weighted by Gasteiger charge is -2.17. The molecule has 19 heavy (non-hydrogen) atoms. The van der Waals surface area contributed by atoms with Gasteiger partial charge in [-0.15, -0.1) is 23.7 Å². The van der Waals surface area contributed by atoms with Gasteiger partial charge in [-0.1, -0.05) is 6.42 Å². The Bertz CT molecular complexity index is 413. The van der Waals surface area contributed by atoms with Gasteiger partial charge in [-0.3, -0.25) is 4.79 Å². The molecule has 0 saturated heterocycles. The maximum absolute atomic E-state index is 12.0. The first-order valence-electron chi connectivity index (χ1n) is 6.42. The van der Waals surface area contributed by atoms with Gasteiger partial charge in [0.05, 0.1) is 3.79 Å². The molecule has 0 bridgehead atoms. The number of carbonyl (C=O) groups excluding carboxylic acids is 1. The lowest BCUT2D eigenvalue weighted by atomic mass is 9.95. The molecule has 1 aliphatic rings. The molecule has 1 aromatic heterocycles. The van der Waals surface area contributed by atoms with E-state index < -0.39 is 0 Å². The lowest BCUT2D eigenvalue weighted by molar-refractivity contribution is -0.125. The first-order valence-corrected chi connectivity index (χ1v) is 8.03. The van der Waals surface area contributed by atoms with Crippen LogP contribution in [0.5, 0.6) is 0 Å². The summed E-state index contributed by atoms with van der Waals surface area (Å²) < 4.78 is 1.14. The fourth-order valence-electron chi connectivity index (χ4n) is 2.59. The number of thiophene rings is 1. The Kier molecular flexibility index (Phi) is 7.36. The van der Waals surface area contributed by atoms with Crippen LogP contribution in [-0.2, 0) is 11.2 Å². The first kappa shape index (κ1) is 17.0. The van der Waals surface area contributed by atoms with Crippen LogP contribution < -0.4 is 11.1 Å². The number of rotatable bonds is 5. The zero-order valence-electron chi connectivity index (χ0n) is 10.7. The van der Waals surface area contributed by atoms with E-state index in [0.717, 1.165) is 36.0 Å². The van der Waals surface area contributed by atoms with Crippen molar-refractivity contribution in [2.24, 2.45) is 17.6 Å². The van der Waals surface area contributed by atoms with E-state index in [1.807, 2.05) is 6.07 Å². The second kappa shape index (κ2) is 8.25. The smallest absolute Gasteiger partial charge is 0.223 e. The van der Waals surface area contributed by atoms with E-state index in [0.29, 0.717) is 12.5 Å². The molecular weight excluding hydrogens is 348 g/mol. The van der Waals surface area contributed by atoms with Crippen LogP contribution in [0.4, 0.5) is 0 Å². The highest BCUT2D eigenvalue weighted by molar-refractivity contribution is 9.11. The molecular formula is C13H20BrClN2OS. The zero-order valence-corrected chi connectivity index (χ0v) is 14.0. The summed E-state index contributed by atoms with van der Waals surface area (Å²) in [4.78, 5) is 13.3. The second-order valence-electron chi connectivity index (χ2n) is 4.78. The Morgan fingerprint density at radius 1 is 1.47 bits per heavy atom. The molecule has 0 spiro atoms. The molecule has 2 rings (SSSR count). The van der Waals surface area contributed by atoms with E-state index in [9.17, 15) is 4.79 Å². The summed E-state index contributed by atoms with van der Waals surface area (Å²) in [6, 6.07) is 4.14. The summed E-state index contributed by atoms with van der Waals surface area (Å²) in [5.41, 5.74) is 5.70. The van der Waals surface area contributed by atoms with Crippen molar-refractivity contribution in [1.82, 2.24) is 5.32 Å². The van der Waals surface area contributed by atoms with E-state index in [1.165, 1.54) is 4.88 Å². The molecule has 2 atom stereocenters. The maximum atomic E-state index is 12.0. The topological polar surface area (TPSA) is 55.1 Å². The summed E-state index contributed by atoms with van der Waals surface area (Å²) in [5, 5.41) is 3.04. The highest BCUT2D eigenvalue weighted by Crippen LogP contribution is 2.30. The molecule has 0 unspecified atom stereocenters. The Balaban J connectivity index is 0.00000180. The SMILES string of the molecule is Cl.NC[C@H]1CCC[C@H]1C(=O)NCCc1ccc(Br)s1. The number of amides is 1. The molecule has 1 aromatic rings. The molecule has 0 radical (unpaired) electrons. The Morgan fingerprint density at radius 3 is 2.89 bits per heavy atom. The van der Waals surface area contributed by atoms with Crippen molar-refractivity contribution in [2.75, 3.05) is 13.1 Å². The average Bonchev–Trinajstić information content (AvgIpc) is 2.97. The van der Waals surface area contributed by atoms with Gasteiger partial charge in [-0.25, -0.2) is 0 Å². The minimum absolute atomic E-state index is 0. The number of nitrogens with one attached hydrogen (secondary N) is 1. The molecule has 0 aliphatic heterocycles. The minimum atomic E-state index is 0. The van der Waals surface area contributed by atoms with Crippen LogP contribution in [0.2, 0.25) is 0 Å². The maximum Gasteiger partial charge on any atom is 0.223 e. The van der Waals surface area contributed by atoms with Gasteiger partial charge in [0.2, 0.25) is 5.91 Å². The Hall–Kier alpha value is -0.100. The van der Waals surface area contributed by atoms with Crippen LogP contribution in [0.25, 0.3) is 0 Å². The van der Waals surface area contributed by atoms with Crippen molar-refractivity contribution in [1.29, 1.82) is 0 Å². The summed E-state index contributed by atoms with van der Waals surface area (Å²) in [6.45, 7) is 1.36. The lowest BCUT2D eigenvalue weighted by Crippen LogP contribution is -2.36. The molecule has 3 N–H and O–H groups in total. The van der Waals surface area contributed by atoms with Gasteiger partial charge in [0.15, 0.2) is 0 Å². The third-order valence-electron chi connectivity index (χ3n) is 3.60.